The lowest BCUT2D eigenvalue weighted by Gasteiger charge is -2.26. The van der Waals surface area contributed by atoms with Gasteiger partial charge in [-0.3, -0.25) is 0 Å². The van der Waals surface area contributed by atoms with E-state index in [1.54, 1.807) is 0 Å². The Hall–Kier alpha value is -0.780. The molecule has 0 aromatic heterocycles. The number of hydrogen-bond acceptors (Lipinski definition) is 0. The molecule has 0 spiro atoms. The van der Waals surface area contributed by atoms with Crippen molar-refractivity contribution in [3.8, 4) is 0 Å². The van der Waals surface area contributed by atoms with Gasteiger partial charge in [-0.25, -0.2) is 0 Å². The molecule has 1 aromatic rings. The predicted octanol–water partition coefficient (Wildman–Crippen LogP) is 5.11. The summed E-state index contributed by atoms with van der Waals surface area (Å²) in [5, 5.41) is 0. The second-order valence-electron chi connectivity index (χ2n) is 4.53. The quantitative estimate of drug-likeness (QED) is 0.642. The summed E-state index contributed by atoms with van der Waals surface area (Å²) >= 11 is 0. The Kier molecular flexibility index (Phi) is 6.31. The Balaban J connectivity index is 0.00000196. The third kappa shape index (κ3) is 3.70. The minimum atomic E-state index is 0. The largest absolute Gasteiger partial charge is 0.0776 e. The molecule has 0 saturated heterocycles. The van der Waals surface area contributed by atoms with Crippen LogP contribution in [0, 0.1) is 11.8 Å². The second-order valence-corrected chi connectivity index (χ2v) is 4.53. The highest BCUT2D eigenvalue weighted by Crippen LogP contribution is 2.32. The van der Waals surface area contributed by atoms with E-state index in [4.69, 9.17) is 0 Å². The lowest BCUT2D eigenvalue weighted by Crippen LogP contribution is -2.14. The van der Waals surface area contributed by atoms with Crippen LogP contribution in [0.3, 0.4) is 0 Å². The van der Waals surface area contributed by atoms with Gasteiger partial charge in [0.25, 0.3) is 0 Å². The average Bonchev–Trinajstić information content (AvgIpc) is 2.20. The van der Waals surface area contributed by atoms with Gasteiger partial charge in [-0.15, -0.1) is 0 Å². The molecule has 1 aromatic carbocycles. The molecular weight excluding hydrogens is 180 g/mol. The standard InChI is InChI=1S/C14H22.CH4/c1-5-14(12(4)11(2)3)13-9-7-6-8-10-13;/h6-12,14H,5H2,1-4H3;1H4. The van der Waals surface area contributed by atoms with E-state index in [0.717, 1.165) is 17.8 Å². The topological polar surface area (TPSA) is 0 Å². The molecule has 0 heteroatoms. The number of benzene rings is 1. The van der Waals surface area contributed by atoms with Crippen molar-refractivity contribution in [2.75, 3.05) is 0 Å². The van der Waals surface area contributed by atoms with Gasteiger partial charge in [0.15, 0.2) is 0 Å². The summed E-state index contributed by atoms with van der Waals surface area (Å²) in [6, 6.07) is 10.9. The molecule has 0 aliphatic carbocycles. The molecule has 0 saturated carbocycles. The van der Waals surface area contributed by atoms with Gasteiger partial charge in [-0.05, 0) is 29.7 Å². The summed E-state index contributed by atoms with van der Waals surface area (Å²) in [5.74, 6) is 2.25. The highest BCUT2D eigenvalue weighted by molar-refractivity contribution is 5.20. The van der Waals surface area contributed by atoms with Crippen LogP contribution < -0.4 is 0 Å². The normalized spacial score (nSPS) is 14.5. The van der Waals surface area contributed by atoms with Gasteiger partial charge in [0.2, 0.25) is 0 Å². The third-order valence-corrected chi connectivity index (χ3v) is 3.35. The van der Waals surface area contributed by atoms with E-state index in [-0.39, 0.29) is 7.43 Å². The fourth-order valence-electron chi connectivity index (χ4n) is 2.08. The average molecular weight is 206 g/mol. The van der Waals surface area contributed by atoms with Gasteiger partial charge in [0.05, 0.1) is 0 Å². The molecule has 0 nitrogen and oxygen atoms in total. The van der Waals surface area contributed by atoms with Crippen LogP contribution in [0.1, 0.15) is 53.0 Å². The Labute approximate surface area is 95.7 Å². The van der Waals surface area contributed by atoms with E-state index in [2.05, 4.69) is 58.0 Å². The molecule has 1 rings (SSSR count). The minimum Gasteiger partial charge on any atom is -0.0776 e. The van der Waals surface area contributed by atoms with Crippen molar-refractivity contribution < 1.29 is 0 Å². The van der Waals surface area contributed by atoms with Gasteiger partial charge in [-0.2, -0.15) is 0 Å². The van der Waals surface area contributed by atoms with Crippen molar-refractivity contribution in [3.05, 3.63) is 35.9 Å². The zero-order valence-electron chi connectivity index (χ0n) is 9.83. The Morgan fingerprint density at radius 3 is 1.93 bits per heavy atom. The van der Waals surface area contributed by atoms with Crippen LogP contribution in [-0.2, 0) is 0 Å². The smallest absolute Gasteiger partial charge is 0.0136 e. The van der Waals surface area contributed by atoms with E-state index in [9.17, 15) is 0 Å². The van der Waals surface area contributed by atoms with E-state index in [1.165, 1.54) is 12.0 Å². The third-order valence-electron chi connectivity index (χ3n) is 3.35. The second kappa shape index (κ2) is 6.66. The van der Waals surface area contributed by atoms with Crippen molar-refractivity contribution in [2.45, 2.75) is 47.5 Å². The Bertz CT molecular complexity index is 248. The summed E-state index contributed by atoms with van der Waals surface area (Å²) in [5.41, 5.74) is 1.50. The molecule has 15 heavy (non-hydrogen) atoms. The molecule has 0 N–H and O–H groups in total. The van der Waals surface area contributed by atoms with E-state index in [0.29, 0.717) is 0 Å². The first kappa shape index (κ1) is 14.2. The summed E-state index contributed by atoms with van der Waals surface area (Å²) in [6.07, 6.45) is 1.24. The van der Waals surface area contributed by atoms with E-state index in [1.807, 2.05) is 0 Å². The van der Waals surface area contributed by atoms with Gasteiger partial charge < -0.3 is 0 Å². The Morgan fingerprint density at radius 2 is 1.53 bits per heavy atom. The summed E-state index contributed by atoms with van der Waals surface area (Å²) < 4.78 is 0. The van der Waals surface area contributed by atoms with Crippen LogP contribution in [-0.4, -0.2) is 0 Å². The monoisotopic (exact) mass is 206 g/mol. The van der Waals surface area contributed by atoms with Crippen LogP contribution in [0.2, 0.25) is 0 Å². The maximum atomic E-state index is 2.37. The maximum Gasteiger partial charge on any atom is -0.0136 e. The van der Waals surface area contributed by atoms with Crippen LogP contribution in [0.4, 0.5) is 0 Å². The Morgan fingerprint density at radius 1 is 1.00 bits per heavy atom. The van der Waals surface area contributed by atoms with Crippen molar-refractivity contribution in [3.63, 3.8) is 0 Å². The summed E-state index contributed by atoms with van der Waals surface area (Å²) in [7, 11) is 0. The van der Waals surface area contributed by atoms with Gasteiger partial charge in [0, 0.05) is 0 Å². The molecule has 0 radical (unpaired) electrons. The van der Waals surface area contributed by atoms with Crippen molar-refractivity contribution in [2.24, 2.45) is 11.8 Å². The van der Waals surface area contributed by atoms with Crippen molar-refractivity contribution >= 4 is 0 Å². The SMILES string of the molecule is C.CCC(c1ccccc1)C(C)C(C)C. The fraction of sp³-hybridized carbons (Fsp3) is 0.600. The van der Waals surface area contributed by atoms with Crippen LogP contribution in [0.25, 0.3) is 0 Å². The zero-order valence-corrected chi connectivity index (χ0v) is 9.83. The molecular formula is C15H26. The molecule has 0 amide bonds. The molecule has 0 aliphatic heterocycles. The zero-order chi connectivity index (χ0) is 10.6. The minimum absolute atomic E-state index is 0. The first-order valence-electron chi connectivity index (χ1n) is 5.71. The lowest BCUT2D eigenvalue weighted by atomic mass is 9.79. The van der Waals surface area contributed by atoms with Crippen molar-refractivity contribution in [1.82, 2.24) is 0 Å². The molecule has 0 bridgehead atoms. The van der Waals surface area contributed by atoms with Crippen LogP contribution in [0.15, 0.2) is 30.3 Å². The predicted molar refractivity (Wildman–Crippen MR) is 70.2 cm³/mol. The number of rotatable bonds is 4. The molecule has 2 unspecified atom stereocenters. The van der Waals surface area contributed by atoms with Gasteiger partial charge in [-0.1, -0.05) is 65.5 Å². The molecule has 0 aliphatic rings. The molecule has 86 valence electrons. The van der Waals surface area contributed by atoms with E-state index >= 15 is 0 Å². The van der Waals surface area contributed by atoms with Crippen LogP contribution >= 0.6 is 0 Å². The lowest BCUT2D eigenvalue weighted by molar-refractivity contribution is 0.339. The number of hydrogen-bond donors (Lipinski definition) is 0. The maximum absolute atomic E-state index is 2.37. The first-order valence-corrected chi connectivity index (χ1v) is 5.71. The van der Waals surface area contributed by atoms with Gasteiger partial charge >= 0.3 is 0 Å². The summed E-state index contributed by atoms with van der Waals surface area (Å²) in [6.45, 7) is 9.29. The highest BCUT2D eigenvalue weighted by atomic mass is 14.2. The van der Waals surface area contributed by atoms with Crippen molar-refractivity contribution in [1.29, 1.82) is 0 Å². The van der Waals surface area contributed by atoms with Gasteiger partial charge in [0.1, 0.15) is 0 Å². The summed E-state index contributed by atoms with van der Waals surface area (Å²) in [4.78, 5) is 0. The molecule has 0 fully saturated rings. The molecule has 0 heterocycles. The van der Waals surface area contributed by atoms with E-state index < -0.39 is 0 Å². The molecule has 2 atom stereocenters. The highest BCUT2D eigenvalue weighted by Gasteiger charge is 2.19. The fourth-order valence-corrected chi connectivity index (χ4v) is 2.08. The van der Waals surface area contributed by atoms with Crippen LogP contribution in [0.5, 0.6) is 0 Å². The first-order chi connectivity index (χ1) is 6.66.